The Morgan fingerprint density at radius 3 is 2.90 bits per heavy atom. The Kier molecular flexibility index (Phi) is 7.08. The number of thiazole rings is 1. The van der Waals surface area contributed by atoms with Crippen LogP contribution in [-0.4, -0.2) is 41.2 Å². The molecule has 152 valence electrons. The predicted molar refractivity (Wildman–Crippen MR) is 123 cm³/mol. The molecule has 2 heterocycles. The molecule has 0 aliphatic carbocycles. The lowest BCUT2D eigenvalue weighted by molar-refractivity contribution is -0.118. The molecule has 0 radical (unpaired) electrons. The normalized spacial score (nSPS) is 17.5. The number of nitrogens with one attached hydrogen (secondary N) is 1. The Morgan fingerprint density at radius 1 is 1.24 bits per heavy atom. The first-order valence-corrected chi connectivity index (χ1v) is 12.1. The van der Waals surface area contributed by atoms with Crippen molar-refractivity contribution in [3.05, 3.63) is 59.1 Å². The molecule has 1 unspecified atom stereocenters. The van der Waals surface area contributed by atoms with Crippen molar-refractivity contribution in [2.75, 3.05) is 25.4 Å². The summed E-state index contributed by atoms with van der Waals surface area (Å²) in [5.41, 5.74) is 2.29. The van der Waals surface area contributed by atoms with Crippen molar-refractivity contribution >= 4 is 50.8 Å². The van der Waals surface area contributed by atoms with Crippen LogP contribution < -0.4 is 5.32 Å². The Labute approximate surface area is 184 Å². The molecule has 1 saturated heterocycles. The molecule has 29 heavy (non-hydrogen) atoms. The van der Waals surface area contributed by atoms with E-state index in [-0.39, 0.29) is 5.91 Å². The topological polar surface area (TPSA) is 45.2 Å². The highest BCUT2D eigenvalue weighted by atomic mass is 35.5. The third-order valence-electron chi connectivity index (χ3n) is 5.11. The molecular weight excluding hydrogens is 422 g/mol. The van der Waals surface area contributed by atoms with E-state index in [1.807, 2.05) is 30.3 Å². The van der Waals surface area contributed by atoms with Gasteiger partial charge in [0.25, 0.3) is 0 Å². The van der Waals surface area contributed by atoms with Crippen molar-refractivity contribution in [1.29, 1.82) is 0 Å². The fourth-order valence-electron chi connectivity index (χ4n) is 3.66. The lowest BCUT2D eigenvalue weighted by Gasteiger charge is -2.32. The van der Waals surface area contributed by atoms with Crippen molar-refractivity contribution < 1.29 is 4.79 Å². The summed E-state index contributed by atoms with van der Waals surface area (Å²) < 4.78 is 2.12. The van der Waals surface area contributed by atoms with E-state index < -0.39 is 0 Å². The highest BCUT2D eigenvalue weighted by Crippen LogP contribution is 2.29. The molecule has 1 aliphatic heterocycles. The molecule has 0 spiro atoms. The van der Waals surface area contributed by atoms with Crippen LogP contribution >= 0.6 is 34.7 Å². The smallest absolute Gasteiger partial charge is 0.230 e. The van der Waals surface area contributed by atoms with Gasteiger partial charge in [-0.3, -0.25) is 9.69 Å². The number of thioether (sulfide) groups is 1. The van der Waals surface area contributed by atoms with E-state index in [0.29, 0.717) is 11.7 Å². The summed E-state index contributed by atoms with van der Waals surface area (Å²) in [5.74, 6) is 1.01. The number of para-hydroxylation sites is 1. The van der Waals surface area contributed by atoms with Gasteiger partial charge in [0.2, 0.25) is 5.91 Å². The number of aromatic nitrogens is 1. The SMILES string of the molecule is O=C(CSc1nc2ccccc2s1)NCC1CCCN(Cc2ccc(Cl)cc2)C1. The molecule has 1 aliphatic rings. The maximum Gasteiger partial charge on any atom is 0.230 e. The largest absolute Gasteiger partial charge is 0.355 e. The average Bonchev–Trinajstić information content (AvgIpc) is 3.16. The highest BCUT2D eigenvalue weighted by Gasteiger charge is 2.20. The lowest BCUT2D eigenvalue weighted by atomic mass is 9.97. The molecule has 0 saturated carbocycles. The number of benzene rings is 2. The summed E-state index contributed by atoms with van der Waals surface area (Å²) in [7, 11) is 0. The minimum Gasteiger partial charge on any atom is -0.355 e. The number of nitrogens with zero attached hydrogens (tertiary/aromatic N) is 2. The molecule has 4 rings (SSSR count). The summed E-state index contributed by atoms with van der Waals surface area (Å²) in [6.07, 6.45) is 2.34. The van der Waals surface area contributed by atoms with Crippen LogP contribution in [0.2, 0.25) is 5.02 Å². The summed E-state index contributed by atoms with van der Waals surface area (Å²) >= 11 is 9.14. The van der Waals surface area contributed by atoms with Gasteiger partial charge in [0.05, 0.1) is 16.0 Å². The Morgan fingerprint density at radius 2 is 2.07 bits per heavy atom. The second-order valence-corrected chi connectivity index (χ2v) is 10.1. The number of hydrogen-bond donors (Lipinski definition) is 1. The van der Waals surface area contributed by atoms with Crippen LogP contribution in [0.25, 0.3) is 10.2 Å². The van der Waals surface area contributed by atoms with Crippen LogP contribution in [-0.2, 0) is 11.3 Å². The van der Waals surface area contributed by atoms with Gasteiger partial charge in [0.15, 0.2) is 4.34 Å². The molecule has 1 amide bonds. The number of rotatable bonds is 7. The zero-order valence-corrected chi connectivity index (χ0v) is 18.5. The third kappa shape index (κ3) is 5.95. The van der Waals surface area contributed by atoms with Gasteiger partial charge in [0, 0.05) is 24.7 Å². The Hall–Kier alpha value is -1.60. The van der Waals surface area contributed by atoms with E-state index in [1.165, 1.54) is 34.9 Å². The number of carbonyl (C=O) groups excluding carboxylic acids is 1. The minimum absolute atomic E-state index is 0.0871. The zero-order valence-electron chi connectivity index (χ0n) is 16.1. The van der Waals surface area contributed by atoms with Gasteiger partial charge in [0.1, 0.15) is 0 Å². The van der Waals surface area contributed by atoms with Crippen molar-refractivity contribution in [2.45, 2.75) is 23.7 Å². The molecule has 1 N–H and O–H groups in total. The van der Waals surface area contributed by atoms with E-state index >= 15 is 0 Å². The van der Waals surface area contributed by atoms with E-state index in [1.54, 1.807) is 11.3 Å². The van der Waals surface area contributed by atoms with Crippen LogP contribution in [0, 0.1) is 5.92 Å². The van der Waals surface area contributed by atoms with Crippen LogP contribution in [0.15, 0.2) is 52.9 Å². The number of hydrogen-bond acceptors (Lipinski definition) is 5. The van der Waals surface area contributed by atoms with Crippen molar-refractivity contribution in [1.82, 2.24) is 15.2 Å². The molecular formula is C22H24ClN3OS2. The third-order valence-corrected chi connectivity index (χ3v) is 7.54. The van der Waals surface area contributed by atoms with Crippen molar-refractivity contribution in [3.8, 4) is 0 Å². The minimum atomic E-state index is 0.0871. The average molecular weight is 446 g/mol. The molecule has 0 bridgehead atoms. The van der Waals surface area contributed by atoms with Gasteiger partial charge in [-0.05, 0) is 55.1 Å². The Balaban J connectivity index is 1.20. The van der Waals surface area contributed by atoms with Gasteiger partial charge in [-0.25, -0.2) is 4.98 Å². The predicted octanol–water partition coefficient (Wildman–Crippen LogP) is 5.07. The summed E-state index contributed by atoms with van der Waals surface area (Å²) in [4.78, 5) is 19.3. The number of halogens is 1. The van der Waals surface area contributed by atoms with Gasteiger partial charge >= 0.3 is 0 Å². The number of carbonyl (C=O) groups is 1. The first-order chi connectivity index (χ1) is 14.2. The first kappa shape index (κ1) is 20.7. The van der Waals surface area contributed by atoms with E-state index in [4.69, 9.17) is 11.6 Å². The van der Waals surface area contributed by atoms with Crippen molar-refractivity contribution in [3.63, 3.8) is 0 Å². The maximum absolute atomic E-state index is 12.3. The second kappa shape index (κ2) is 9.94. The highest BCUT2D eigenvalue weighted by molar-refractivity contribution is 8.01. The lowest BCUT2D eigenvalue weighted by Crippen LogP contribution is -2.40. The Bertz CT molecular complexity index is 927. The van der Waals surface area contributed by atoms with Gasteiger partial charge in [-0.1, -0.05) is 47.6 Å². The van der Waals surface area contributed by atoms with E-state index in [9.17, 15) is 4.79 Å². The number of amides is 1. The second-order valence-electron chi connectivity index (χ2n) is 7.41. The molecule has 3 aromatic rings. The van der Waals surface area contributed by atoms with Gasteiger partial charge < -0.3 is 5.32 Å². The van der Waals surface area contributed by atoms with Crippen molar-refractivity contribution in [2.24, 2.45) is 5.92 Å². The molecule has 4 nitrogen and oxygen atoms in total. The number of fused-ring (bicyclic) bond motifs is 1. The molecule has 1 aromatic heterocycles. The zero-order chi connectivity index (χ0) is 20.1. The fraction of sp³-hybridized carbons (Fsp3) is 0.364. The number of piperidine rings is 1. The first-order valence-electron chi connectivity index (χ1n) is 9.87. The summed E-state index contributed by atoms with van der Waals surface area (Å²) in [6, 6.07) is 16.2. The molecule has 7 heteroatoms. The maximum atomic E-state index is 12.3. The summed E-state index contributed by atoms with van der Waals surface area (Å²) in [6.45, 7) is 3.82. The quantitative estimate of drug-likeness (QED) is 0.515. The molecule has 2 aromatic carbocycles. The molecule has 1 fully saturated rings. The monoisotopic (exact) mass is 445 g/mol. The van der Waals surface area contributed by atoms with Crippen LogP contribution in [0.5, 0.6) is 0 Å². The summed E-state index contributed by atoms with van der Waals surface area (Å²) in [5, 5.41) is 3.90. The standard InChI is InChI=1S/C22H24ClN3OS2/c23-18-9-7-16(8-10-18)13-26-11-3-4-17(14-26)12-24-21(27)15-28-22-25-19-5-1-2-6-20(19)29-22/h1-2,5-10,17H,3-4,11-15H2,(H,24,27). The van der Waals surface area contributed by atoms with Gasteiger partial charge in [-0.2, -0.15) is 0 Å². The van der Waals surface area contributed by atoms with Crippen LogP contribution in [0.1, 0.15) is 18.4 Å². The van der Waals surface area contributed by atoms with E-state index in [0.717, 1.165) is 41.1 Å². The van der Waals surface area contributed by atoms with Gasteiger partial charge in [-0.15, -0.1) is 11.3 Å². The van der Waals surface area contributed by atoms with E-state index in [2.05, 4.69) is 33.4 Å². The van der Waals surface area contributed by atoms with Crippen LogP contribution in [0.3, 0.4) is 0 Å². The van der Waals surface area contributed by atoms with Crippen LogP contribution in [0.4, 0.5) is 0 Å². The fourth-order valence-corrected chi connectivity index (χ4v) is 5.68. The molecule has 1 atom stereocenters. The number of likely N-dealkylation sites (tertiary alicyclic amines) is 1.